The average molecular weight is 158 g/mol. The van der Waals surface area contributed by atoms with Gasteiger partial charge in [-0.2, -0.15) is 0 Å². The Balaban J connectivity index is 2.33. The van der Waals surface area contributed by atoms with Gasteiger partial charge in [-0.15, -0.1) is 0 Å². The van der Waals surface area contributed by atoms with Crippen LogP contribution < -0.4 is 0 Å². The molecule has 1 aliphatic heterocycles. The Morgan fingerprint density at radius 1 is 1.45 bits per heavy atom. The van der Waals surface area contributed by atoms with Crippen molar-refractivity contribution in [1.29, 1.82) is 0 Å². The molecule has 0 aromatic heterocycles. The summed E-state index contributed by atoms with van der Waals surface area (Å²) in [6, 6.07) is 0. The number of carbonyl (C=O) groups excluding carboxylic acids is 1. The fourth-order valence-corrected chi connectivity index (χ4v) is 0.793. The SMILES string of the molecule is C[C@H]1O[C@@H]1C(=O)OC(C)(C)C. The molecule has 0 aromatic carbocycles. The van der Waals surface area contributed by atoms with Crippen LogP contribution in [0, 0.1) is 0 Å². The van der Waals surface area contributed by atoms with Gasteiger partial charge in [-0.1, -0.05) is 0 Å². The van der Waals surface area contributed by atoms with E-state index in [1.165, 1.54) is 0 Å². The molecule has 0 bridgehead atoms. The summed E-state index contributed by atoms with van der Waals surface area (Å²) in [7, 11) is 0. The number of hydrogen-bond donors (Lipinski definition) is 0. The lowest BCUT2D eigenvalue weighted by Gasteiger charge is -2.18. The van der Waals surface area contributed by atoms with Crippen molar-refractivity contribution in [2.24, 2.45) is 0 Å². The van der Waals surface area contributed by atoms with Crippen molar-refractivity contribution in [2.75, 3.05) is 0 Å². The number of esters is 1. The molecule has 1 aliphatic rings. The molecule has 11 heavy (non-hydrogen) atoms. The van der Waals surface area contributed by atoms with E-state index in [9.17, 15) is 4.79 Å². The molecule has 0 saturated carbocycles. The van der Waals surface area contributed by atoms with Crippen LogP contribution in [-0.4, -0.2) is 23.8 Å². The van der Waals surface area contributed by atoms with Crippen molar-refractivity contribution in [2.45, 2.75) is 45.5 Å². The number of rotatable bonds is 1. The number of epoxide rings is 1. The Hall–Kier alpha value is -0.570. The quantitative estimate of drug-likeness (QED) is 0.424. The van der Waals surface area contributed by atoms with E-state index >= 15 is 0 Å². The minimum atomic E-state index is -0.400. The Labute approximate surface area is 66.7 Å². The van der Waals surface area contributed by atoms with E-state index < -0.39 is 5.60 Å². The fourth-order valence-electron chi connectivity index (χ4n) is 0.793. The molecule has 1 heterocycles. The van der Waals surface area contributed by atoms with Crippen molar-refractivity contribution < 1.29 is 14.3 Å². The van der Waals surface area contributed by atoms with Gasteiger partial charge in [0.2, 0.25) is 0 Å². The lowest BCUT2D eigenvalue weighted by atomic mass is 10.2. The minimum Gasteiger partial charge on any atom is -0.458 e. The van der Waals surface area contributed by atoms with Crippen LogP contribution in [0.1, 0.15) is 27.7 Å². The normalized spacial score (nSPS) is 29.8. The van der Waals surface area contributed by atoms with Crippen LogP contribution in [0.2, 0.25) is 0 Å². The molecule has 0 N–H and O–H groups in total. The summed E-state index contributed by atoms with van der Waals surface area (Å²) in [4.78, 5) is 11.1. The summed E-state index contributed by atoms with van der Waals surface area (Å²) in [5.41, 5.74) is -0.400. The lowest BCUT2D eigenvalue weighted by molar-refractivity contribution is -0.156. The molecule has 3 heteroatoms. The highest BCUT2D eigenvalue weighted by molar-refractivity contribution is 5.78. The summed E-state index contributed by atoms with van der Waals surface area (Å²) in [6.07, 6.45) is -0.265. The molecule has 1 fully saturated rings. The molecule has 3 nitrogen and oxygen atoms in total. The topological polar surface area (TPSA) is 38.8 Å². The standard InChI is InChI=1S/C8H14O3/c1-5-6(10-5)7(9)11-8(2,3)4/h5-6H,1-4H3/t5-,6+/m1/s1. The number of ether oxygens (including phenoxy) is 2. The molecule has 0 spiro atoms. The first-order chi connectivity index (χ1) is 4.90. The van der Waals surface area contributed by atoms with Gasteiger partial charge in [0.1, 0.15) is 5.60 Å². The maximum absolute atomic E-state index is 11.1. The number of carbonyl (C=O) groups is 1. The summed E-state index contributed by atoms with van der Waals surface area (Å²) in [5, 5.41) is 0. The predicted molar refractivity (Wildman–Crippen MR) is 40.2 cm³/mol. The van der Waals surface area contributed by atoms with Gasteiger partial charge < -0.3 is 9.47 Å². The molecule has 1 rings (SSSR count). The molecule has 0 aromatic rings. The van der Waals surface area contributed by atoms with Crippen LogP contribution >= 0.6 is 0 Å². The second-order valence-corrected chi connectivity index (χ2v) is 3.80. The summed E-state index contributed by atoms with van der Waals surface area (Å²) >= 11 is 0. The van der Waals surface area contributed by atoms with Gasteiger partial charge in [0.15, 0.2) is 6.10 Å². The van der Waals surface area contributed by atoms with E-state index in [1.807, 2.05) is 27.7 Å². The zero-order chi connectivity index (χ0) is 8.65. The van der Waals surface area contributed by atoms with E-state index in [0.717, 1.165) is 0 Å². The monoisotopic (exact) mass is 158 g/mol. The van der Waals surface area contributed by atoms with Gasteiger partial charge in [-0.3, -0.25) is 0 Å². The third-order valence-corrected chi connectivity index (χ3v) is 1.35. The van der Waals surface area contributed by atoms with Crippen LogP contribution in [0.5, 0.6) is 0 Å². The van der Waals surface area contributed by atoms with Crippen LogP contribution in [-0.2, 0) is 14.3 Å². The highest BCUT2D eigenvalue weighted by Crippen LogP contribution is 2.24. The maximum atomic E-state index is 11.1. The molecule has 0 amide bonds. The molecule has 64 valence electrons. The van der Waals surface area contributed by atoms with Crippen molar-refractivity contribution >= 4 is 5.97 Å². The van der Waals surface area contributed by atoms with Crippen molar-refractivity contribution in [1.82, 2.24) is 0 Å². The molecular weight excluding hydrogens is 144 g/mol. The zero-order valence-electron chi connectivity index (χ0n) is 7.38. The molecule has 0 aliphatic carbocycles. The minimum absolute atomic E-state index is 0.0462. The second-order valence-electron chi connectivity index (χ2n) is 3.80. The number of hydrogen-bond acceptors (Lipinski definition) is 3. The highest BCUT2D eigenvalue weighted by Gasteiger charge is 2.43. The van der Waals surface area contributed by atoms with Gasteiger partial charge >= 0.3 is 5.97 Å². The zero-order valence-corrected chi connectivity index (χ0v) is 7.38. The van der Waals surface area contributed by atoms with Crippen LogP contribution in [0.15, 0.2) is 0 Å². The Morgan fingerprint density at radius 3 is 2.18 bits per heavy atom. The van der Waals surface area contributed by atoms with E-state index in [-0.39, 0.29) is 18.2 Å². The van der Waals surface area contributed by atoms with Crippen molar-refractivity contribution in [3.63, 3.8) is 0 Å². The Kier molecular flexibility index (Phi) is 1.92. The Bertz CT molecular complexity index is 169. The Morgan fingerprint density at radius 2 is 1.91 bits per heavy atom. The van der Waals surface area contributed by atoms with Crippen LogP contribution in [0.25, 0.3) is 0 Å². The summed E-state index contributed by atoms with van der Waals surface area (Å²) < 4.78 is 10.0. The van der Waals surface area contributed by atoms with Gasteiger partial charge in [-0.25, -0.2) is 4.79 Å². The predicted octanol–water partition coefficient (Wildman–Crippen LogP) is 1.12. The van der Waals surface area contributed by atoms with E-state index in [0.29, 0.717) is 0 Å². The smallest absolute Gasteiger partial charge is 0.338 e. The van der Waals surface area contributed by atoms with Gasteiger partial charge in [0.25, 0.3) is 0 Å². The van der Waals surface area contributed by atoms with E-state index in [1.54, 1.807) is 0 Å². The van der Waals surface area contributed by atoms with Crippen LogP contribution in [0.4, 0.5) is 0 Å². The van der Waals surface area contributed by atoms with Gasteiger partial charge in [-0.05, 0) is 27.7 Å². The molecule has 0 radical (unpaired) electrons. The van der Waals surface area contributed by atoms with Crippen molar-refractivity contribution in [3.8, 4) is 0 Å². The summed E-state index contributed by atoms with van der Waals surface area (Å²) in [6.45, 7) is 7.39. The summed E-state index contributed by atoms with van der Waals surface area (Å²) in [5.74, 6) is -0.245. The third-order valence-electron chi connectivity index (χ3n) is 1.35. The van der Waals surface area contributed by atoms with E-state index in [2.05, 4.69) is 0 Å². The maximum Gasteiger partial charge on any atom is 0.338 e. The first-order valence-electron chi connectivity index (χ1n) is 3.78. The van der Waals surface area contributed by atoms with Crippen LogP contribution in [0.3, 0.4) is 0 Å². The highest BCUT2D eigenvalue weighted by atomic mass is 16.6. The third kappa shape index (κ3) is 2.50. The molecular formula is C8H14O3. The largest absolute Gasteiger partial charge is 0.458 e. The molecule has 1 saturated heterocycles. The molecule has 0 unspecified atom stereocenters. The van der Waals surface area contributed by atoms with Crippen molar-refractivity contribution in [3.05, 3.63) is 0 Å². The average Bonchev–Trinajstić information content (AvgIpc) is 2.41. The van der Waals surface area contributed by atoms with Gasteiger partial charge in [0, 0.05) is 0 Å². The fraction of sp³-hybridized carbons (Fsp3) is 0.875. The lowest BCUT2D eigenvalue weighted by Crippen LogP contribution is -2.27. The first-order valence-corrected chi connectivity index (χ1v) is 3.78. The molecule has 2 atom stereocenters. The second kappa shape index (κ2) is 2.48. The first kappa shape index (κ1) is 8.53. The van der Waals surface area contributed by atoms with E-state index in [4.69, 9.17) is 9.47 Å². The van der Waals surface area contributed by atoms with Gasteiger partial charge in [0.05, 0.1) is 6.10 Å².